The Morgan fingerprint density at radius 2 is 2.19 bits per heavy atom. The lowest BCUT2D eigenvalue weighted by molar-refractivity contribution is 0.315. The van der Waals surface area contributed by atoms with E-state index >= 15 is 0 Å². The molecule has 1 fully saturated rings. The third kappa shape index (κ3) is 2.11. The Hall–Kier alpha value is -1.29. The molecule has 1 aromatic heterocycles. The number of pyridine rings is 1. The van der Waals surface area contributed by atoms with E-state index in [0.717, 1.165) is 30.3 Å². The molecule has 0 radical (unpaired) electrons. The lowest BCUT2D eigenvalue weighted by atomic mass is 10.2. The first-order valence-electron chi connectivity index (χ1n) is 5.72. The Balaban J connectivity index is 2.11. The van der Waals surface area contributed by atoms with Crippen LogP contribution < -0.4 is 10.6 Å². The molecule has 0 aliphatic carbocycles. The summed E-state index contributed by atoms with van der Waals surface area (Å²) in [6, 6.07) is 4.60. The third-order valence-electron chi connectivity index (χ3n) is 3.33. The fourth-order valence-corrected chi connectivity index (χ4v) is 2.11. The number of anilines is 2. The van der Waals surface area contributed by atoms with E-state index in [2.05, 4.69) is 28.9 Å². The number of aryl methyl sites for hydroxylation is 1. The van der Waals surface area contributed by atoms with E-state index in [4.69, 9.17) is 5.73 Å². The summed E-state index contributed by atoms with van der Waals surface area (Å²) >= 11 is 0. The minimum Gasteiger partial charge on any atom is -0.397 e. The van der Waals surface area contributed by atoms with E-state index in [-0.39, 0.29) is 0 Å². The molecule has 1 aliphatic rings. The first-order chi connectivity index (χ1) is 7.58. The smallest absolute Gasteiger partial charge is 0.129 e. The second kappa shape index (κ2) is 4.29. The minimum absolute atomic E-state index is 0.639. The van der Waals surface area contributed by atoms with Crippen LogP contribution in [0.3, 0.4) is 0 Å². The average Bonchev–Trinajstić information content (AvgIpc) is 2.71. The van der Waals surface area contributed by atoms with Crippen LogP contribution in [0, 0.1) is 6.92 Å². The summed E-state index contributed by atoms with van der Waals surface area (Å²) in [7, 11) is 4.27. The fourth-order valence-electron chi connectivity index (χ4n) is 2.11. The molecule has 1 aliphatic heterocycles. The highest BCUT2D eigenvalue weighted by Crippen LogP contribution is 2.22. The summed E-state index contributed by atoms with van der Waals surface area (Å²) in [6.07, 6.45) is 1.21. The largest absolute Gasteiger partial charge is 0.397 e. The molecule has 1 saturated heterocycles. The molecule has 4 heteroatoms. The maximum absolute atomic E-state index is 5.77. The van der Waals surface area contributed by atoms with Gasteiger partial charge in [-0.05, 0) is 39.6 Å². The van der Waals surface area contributed by atoms with Crippen LogP contribution in [-0.4, -0.2) is 43.1 Å². The quantitative estimate of drug-likeness (QED) is 0.811. The Morgan fingerprint density at radius 3 is 2.75 bits per heavy atom. The molecule has 0 saturated carbocycles. The van der Waals surface area contributed by atoms with Gasteiger partial charge in [0.25, 0.3) is 0 Å². The molecule has 1 atom stereocenters. The molecular formula is C12H20N4. The van der Waals surface area contributed by atoms with Gasteiger partial charge in [0.05, 0.1) is 11.4 Å². The van der Waals surface area contributed by atoms with Gasteiger partial charge >= 0.3 is 0 Å². The van der Waals surface area contributed by atoms with Gasteiger partial charge in [-0.15, -0.1) is 0 Å². The lowest BCUT2D eigenvalue weighted by Gasteiger charge is -2.21. The van der Waals surface area contributed by atoms with Crippen molar-refractivity contribution in [3.05, 3.63) is 17.8 Å². The van der Waals surface area contributed by atoms with Crippen LogP contribution in [0.4, 0.5) is 11.5 Å². The number of nitrogens with two attached hydrogens (primary N) is 1. The number of rotatable bonds is 2. The fraction of sp³-hybridized carbons (Fsp3) is 0.583. The lowest BCUT2D eigenvalue weighted by Crippen LogP contribution is -2.31. The van der Waals surface area contributed by atoms with Crippen LogP contribution >= 0.6 is 0 Å². The van der Waals surface area contributed by atoms with Gasteiger partial charge in [0.1, 0.15) is 5.82 Å². The normalized spacial score (nSPS) is 20.8. The van der Waals surface area contributed by atoms with Crippen molar-refractivity contribution in [2.24, 2.45) is 0 Å². The molecule has 0 amide bonds. The van der Waals surface area contributed by atoms with Crippen molar-refractivity contribution in [3.8, 4) is 0 Å². The number of nitrogens with zero attached hydrogens (tertiary/aromatic N) is 3. The maximum atomic E-state index is 5.77. The highest BCUT2D eigenvalue weighted by molar-refractivity contribution is 5.51. The Bertz CT molecular complexity index is 375. The summed E-state index contributed by atoms with van der Waals surface area (Å²) < 4.78 is 0. The van der Waals surface area contributed by atoms with Gasteiger partial charge in [0, 0.05) is 19.1 Å². The van der Waals surface area contributed by atoms with Crippen molar-refractivity contribution in [1.29, 1.82) is 0 Å². The van der Waals surface area contributed by atoms with Gasteiger partial charge in [0.15, 0.2) is 0 Å². The molecule has 0 spiro atoms. The Morgan fingerprint density at radius 1 is 1.44 bits per heavy atom. The summed E-state index contributed by atoms with van der Waals surface area (Å²) in [4.78, 5) is 9.14. The number of hydrogen-bond acceptors (Lipinski definition) is 4. The van der Waals surface area contributed by atoms with Gasteiger partial charge in [0.2, 0.25) is 0 Å². The molecule has 88 valence electrons. The Labute approximate surface area is 97.1 Å². The maximum Gasteiger partial charge on any atom is 0.129 e. The molecule has 16 heavy (non-hydrogen) atoms. The zero-order chi connectivity index (χ0) is 11.7. The van der Waals surface area contributed by atoms with Crippen LogP contribution in [0.2, 0.25) is 0 Å². The monoisotopic (exact) mass is 220 g/mol. The first-order valence-corrected chi connectivity index (χ1v) is 5.72. The Kier molecular flexibility index (Phi) is 3.01. The van der Waals surface area contributed by atoms with Crippen molar-refractivity contribution in [1.82, 2.24) is 9.88 Å². The van der Waals surface area contributed by atoms with Gasteiger partial charge in [-0.2, -0.15) is 0 Å². The predicted octanol–water partition coefficient (Wildman–Crippen LogP) is 1.11. The van der Waals surface area contributed by atoms with Crippen molar-refractivity contribution < 1.29 is 0 Å². The van der Waals surface area contributed by atoms with E-state index < -0.39 is 0 Å². The topological polar surface area (TPSA) is 45.4 Å². The second-order valence-electron chi connectivity index (χ2n) is 4.70. The SMILES string of the molecule is Cc1nc(N2CCC(N(C)C)C2)ccc1N. The molecule has 2 N–H and O–H groups in total. The van der Waals surface area contributed by atoms with Crippen molar-refractivity contribution in [2.75, 3.05) is 37.8 Å². The number of likely N-dealkylation sites (N-methyl/N-ethyl adjacent to an activating group) is 1. The van der Waals surface area contributed by atoms with Crippen molar-refractivity contribution in [3.63, 3.8) is 0 Å². The van der Waals surface area contributed by atoms with Gasteiger partial charge in [-0.3, -0.25) is 0 Å². The van der Waals surface area contributed by atoms with Gasteiger partial charge < -0.3 is 15.5 Å². The van der Waals surface area contributed by atoms with Crippen LogP contribution in [-0.2, 0) is 0 Å². The van der Waals surface area contributed by atoms with Gasteiger partial charge in [-0.1, -0.05) is 0 Å². The third-order valence-corrected chi connectivity index (χ3v) is 3.33. The molecule has 1 aromatic rings. The van der Waals surface area contributed by atoms with Crippen LogP contribution in [0.5, 0.6) is 0 Å². The van der Waals surface area contributed by atoms with Crippen molar-refractivity contribution >= 4 is 11.5 Å². The highest BCUT2D eigenvalue weighted by Gasteiger charge is 2.24. The van der Waals surface area contributed by atoms with Crippen molar-refractivity contribution in [2.45, 2.75) is 19.4 Å². The van der Waals surface area contributed by atoms with E-state index in [1.54, 1.807) is 0 Å². The molecule has 4 nitrogen and oxygen atoms in total. The van der Waals surface area contributed by atoms with E-state index in [1.807, 2.05) is 19.1 Å². The number of nitrogen functional groups attached to an aromatic ring is 1. The van der Waals surface area contributed by atoms with Crippen LogP contribution in [0.15, 0.2) is 12.1 Å². The van der Waals surface area contributed by atoms with Gasteiger partial charge in [-0.25, -0.2) is 4.98 Å². The van der Waals surface area contributed by atoms with E-state index in [9.17, 15) is 0 Å². The van der Waals surface area contributed by atoms with E-state index in [0.29, 0.717) is 6.04 Å². The summed E-state index contributed by atoms with van der Waals surface area (Å²) in [6.45, 7) is 4.10. The average molecular weight is 220 g/mol. The molecular weight excluding hydrogens is 200 g/mol. The number of aromatic nitrogens is 1. The standard InChI is InChI=1S/C12H20N4/c1-9-11(13)4-5-12(14-9)16-7-6-10(8-16)15(2)3/h4-5,10H,6-8,13H2,1-3H3. The number of hydrogen-bond donors (Lipinski definition) is 1. The van der Waals surface area contributed by atoms with E-state index in [1.165, 1.54) is 6.42 Å². The highest BCUT2D eigenvalue weighted by atomic mass is 15.3. The zero-order valence-electron chi connectivity index (χ0n) is 10.3. The molecule has 2 heterocycles. The predicted molar refractivity (Wildman–Crippen MR) is 67.7 cm³/mol. The molecule has 1 unspecified atom stereocenters. The molecule has 2 rings (SSSR count). The van der Waals surface area contributed by atoms with Crippen LogP contribution in [0.25, 0.3) is 0 Å². The summed E-state index contributed by atoms with van der Waals surface area (Å²) in [5, 5.41) is 0. The second-order valence-corrected chi connectivity index (χ2v) is 4.70. The summed E-state index contributed by atoms with van der Waals surface area (Å²) in [5.41, 5.74) is 7.47. The summed E-state index contributed by atoms with van der Waals surface area (Å²) in [5.74, 6) is 1.05. The first kappa shape index (κ1) is 11.2. The minimum atomic E-state index is 0.639. The zero-order valence-corrected chi connectivity index (χ0v) is 10.3. The molecule has 0 aromatic carbocycles. The molecule has 0 bridgehead atoms. The van der Waals surface area contributed by atoms with Crippen LogP contribution in [0.1, 0.15) is 12.1 Å².